The van der Waals surface area contributed by atoms with Gasteiger partial charge in [0.25, 0.3) is 0 Å². The SMILES string of the molecule is C[C@@H]1O[C@@H](O[C@H]2[C@H](OC(=O)[C@]34CCC(C)(C)C[C@@H]3C3=CC[C@@H]5[C@@]6(C)CC[C@H](O[C@@H]7O[C@H](CO)[C@@H](O)[C@H](O)[C@H]7O)C(C)(C)C6CC[C@@]5(C)[C@]3(C)C[C@H]4O)OC[C@H](O)[C@@H]2O)[C@H](O)[C@H](O)[C@H]1O[C@@H]1OC[C@@H](O)[C@H](O[C@@H]2OC[C@@H](O)[C@H](O)[C@H]2O)[C@H]1O. The van der Waals surface area contributed by atoms with Gasteiger partial charge in [0.05, 0.1) is 44.7 Å². The number of aliphatic hydroxyl groups excluding tert-OH is 14. The maximum Gasteiger partial charge on any atom is 0.317 e. The lowest BCUT2D eigenvalue weighted by Gasteiger charge is -2.71. The number of esters is 1. The highest BCUT2D eigenvalue weighted by atomic mass is 16.8. The monoisotopic (exact) mass is 1180 g/mol. The fourth-order valence-electron chi connectivity index (χ4n) is 17.2. The van der Waals surface area contributed by atoms with E-state index in [0.29, 0.717) is 25.7 Å². The van der Waals surface area contributed by atoms with E-state index >= 15 is 4.79 Å². The fraction of sp³-hybridized carbons (Fsp3) is 0.947. The third-order valence-electron chi connectivity index (χ3n) is 22.3. The molecule has 82 heavy (non-hydrogen) atoms. The Morgan fingerprint density at radius 1 is 0.561 bits per heavy atom. The highest BCUT2D eigenvalue weighted by Gasteiger charge is 2.72. The molecule has 0 radical (unpaired) electrons. The number of hydrogen-bond acceptors (Lipinski definition) is 25. The van der Waals surface area contributed by atoms with E-state index in [-0.39, 0.29) is 47.0 Å². The largest absolute Gasteiger partial charge is 0.432 e. The first-order chi connectivity index (χ1) is 38.4. The molecule has 4 saturated carbocycles. The van der Waals surface area contributed by atoms with Gasteiger partial charge < -0.3 is 119 Å². The van der Waals surface area contributed by atoms with Gasteiger partial charge >= 0.3 is 5.97 Å². The zero-order valence-corrected chi connectivity index (χ0v) is 48.1. The van der Waals surface area contributed by atoms with E-state index in [1.54, 1.807) is 0 Å². The lowest BCUT2D eigenvalue weighted by atomic mass is 9.33. The molecule has 5 aliphatic heterocycles. The van der Waals surface area contributed by atoms with E-state index in [1.165, 1.54) is 6.92 Å². The van der Waals surface area contributed by atoms with Crippen molar-refractivity contribution in [1.82, 2.24) is 0 Å². The average Bonchev–Trinajstić information content (AvgIpc) is 0.745. The molecule has 0 aromatic carbocycles. The van der Waals surface area contributed by atoms with Crippen LogP contribution in [0.25, 0.3) is 0 Å². The van der Waals surface area contributed by atoms with Gasteiger partial charge in [0.15, 0.2) is 31.3 Å². The number of rotatable bonds is 11. The van der Waals surface area contributed by atoms with E-state index in [1.807, 2.05) is 0 Å². The molecular formula is C57H92O25. The van der Waals surface area contributed by atoms with Crippen LogP contribution in [0.3, 0.4) is 0 Å². The summed E-state index contributed by atoms with van der Waals surface area (Å²) >= 11 is 0. The Hall–Kier alpha value is -1.71. The third-order valence-corrected chi connectivity index (χ3v) is 22.3. The summed E-state index contributed by atoms with van der Waals surface area (Å²) in [5.74, 6) is -0.982. The van der Waals surface area contributed by atoms with Crippen molar-refractivity contribution in [1.29, 1.82) is 0 Å². The van der Waals surface area contributed by atoms with E-state index in [2.05, 4.69) is 54.5 Å². The molecule has 5 heterocycles. The quantitative estimate of drug-likeness (QED) is 0.0588. The van der Waals surface area contributed by atoms with Crippen molar-refractivity contribution >= 4 is 5.97 Å². The summed E-state index contributed by atoms with van der Waals surface area (Å²) in [5.41, 5.74) is -2.23. The Balaban J connectivity index is 0.844. The summed E-state index contributed by atoms with van der Waals surface area (Å²) in [6.07, 6.45) is -28.7. The number of carbonyl (C=O) groups excluding carboxylic acids is 1. The van der Waals surface area contributed by atoms with Gasteiger partial charge in [-0.15, -0.1) is 0 Å². The molecule has 5 aliphatic carbocycles. The first-order valence-corrected chi connectivity index (χ1v) is 29.5. The van der Waals surface area contributed by atoms with Crippen LogP contribution in [0.15, 0.2) is 11.6 Å². The summed E-state index contributed by atoms with van der Waals surface area (Å²) in [6, 6.07) is 0. The molecule has 10 rings (SSSR count). The minimum absolute atomic E-state index is 0.141. The average molecular weight is 1180 g/mol. The van der Waals surface area contributed by atoms with Crippen LogP contribution in [0, 0.1) is 50.2 Å². The molecule has 0 aromatic rings. The van der Waals surface area contributed by atoms with E-state index in [9.17, 15) is 71.5 Å². The first-order valence-electron chi connectivity index (χ1n) is 29.5. The van der Waals surface area contributed by atoms with Gasteiger partial charge in [-0.3, -0.25) is 4.79 Å². The molecule has 25 nitrogen and oxygen atoms in total. The summed E-state index contributed by atoms with van der Waals surface area (Å²) in [7, 11) is 0. The van der Waals surface area contributed by atoms with Crippen LogP contribution in [-0.4, -0.2) is 251 Å². The number of carbonyl (C=O) groups is 1. The summed E-state index contributed by atoms with van der Waals surface area (Å²) < 4.78 is 59.1. The Morgan fingerprint density at radius 3 is 1.83 bits per heavy atom. The van der Waals surface area contributed by atoms with Crippen molar-refractivity contribution in [3.8, 4) is 0 Å². The van der Waals surface area contributed by atoms with Gasteiger partial charge in [0.2, 0.25) is 6.29 Å². The van der Waals surface area contributed by atoms with Crippen LogP contribution < -0.4 is 0 Å². The van der Waals surface area contributed by atoms with Crippen molar-refractivity contribution in [3.63, 3.8) is 0 Å². The number of ether oxygens (including phenoxy) is 10. The van der Waals surface area contributed by atoms with E-state index < -0.39 is 196 Å². The molecule has 31 atom stereocenters. The molecule has 9 fully saturated rings. The Kier molecular flexibility index (Phi) is 17.8. The highest BCUT2D eigenvalue weighted by Crippen LogP contribution is 2.76. The fourth-order valence-corrected chi connectivity index (χ4v) is 17.2. The van der Waals surface area contributed by atoms with Crippen molar-refractivity contribution in [2.75, 3.05) is 26.4 Å². The predicted molar refractivity (Wildman–Crippen MR) is 277 cm³/mol. The van der Waals surface area contributed by atoms with Crippen molar-refractivity contribution in [2.24, 2.45) is 50.2 Å². The van der Waals surface area contributed by atoms with Gasteiger partial charge in [0.1, 0.15) is 97.0 Å². The second-order valence-electron chi connectivity index (χ2n) is 27.8. The molecule has 25 heteroatoms. The molecule has 470 valence electrons. The van der Waals surface area contributed by atoms with Crippen LogP contribution in [0.5, 0.6) is 0 Å². The molecule has 0 amide bonds. The minimum atomic E-state index is -1.95. The molecule has 5 saturated heterocycles. The minimum Gasteiger partial charge on any atom is -0.432 e. The van der Waals surface area contributed by atoms with Crippen molar-refractivity contribution < 1.29 is 124 Å². The van der Waals surface area contributed by atoms with Crippen LogP contribution in [-0.2, 0) is 52.2 Å². The normalized spacial score (nSPS) is 54.8. The third kappa shape index (κ3) is 10.4. The van der Waals surface area contributed by atoms with Gasteiger partial charge in [-0.2, -0.15) is 0 Å². The van der Waals surface area contributed by atoms with Crippen molar-refractivity contribution in [2.45, 2.75) is 261 Å². The highest BCUT2D eigenvalue weighted by molar-refractivity contribution is 5.80. The summed E-state index contributed by atoms with van der Waals surface area (Å²) in [4.78, 5) is 15.4. The molecule has 0 spiro atoms. The Morgan fingerprint density at radius 2 is 1.15 bits per heavy atom. The lowest BCUT2D eigenvalue weighted by molar-refractivity contribution is -0.375. The summed E-state index contributed by atoms with van der Waals surface area (Å²) in [5, 5.41) is 153. The number of hydrogen-bond donors (Lipinski definition) is 14. The van der Waals surface area contributed by atoms with Crippen LogP contribution in [0.2, 0.25) is 0 Å². The zero-order valence-electron chi connectivity index (χ0n) is 48.1. The molecule has 0 aromatic heterocycles. The molecule has 14 N–H and O–H groups in total. The lowest BCUT2D eigenvalue weighted by Crippen LogP contribution is -2.68. The second-order valence-corrected chi connectivity index (χ2v) is 27.8. The van der Waals surface area contributed by atoms with E-state index in [4.69, 9.17) is 47.4 Å². The first kappa shape index (κ1) is 63.3. The molecule has 10 aliphatic rings. The predicted octanol–water partition coefficient (Wildman–Crippen LogP) is -2.30. The maximum absolute atomic E-state index is 15.4. The molecule has 1 unspecified atom stereocenters. The number of aliphatic hydroxyl groups is 14. The second kappa shape index (κ2) is 23.0. The van der Waals surface area contributed by atoms with Gasteiger partial charge in [-0.25, -0.2) is 0 Å². The summed E-state index contributed by atoms with van der Waals surface area (Å²) in [6.45, 7) is 15.1. The Labute approximate surface area is 477 Å². The van der Waals surface area contributed by atoms with Gasteiger partial charge in [-0.05, 0) is 110 Å². The molecule has 0 bridgehead atoms. The smallest absolute Gasteiger partial charge is 0.317 e. The Bertz CT molecular complexity index is 2290. The van der Waals surface area contributed by atoms with Gasteiger partial charge in [-0.1, -0.05) is 60.1 Å². The van der Waals surface area contributed by atoms with Crippen LogP contribution in [0.4, 0.5) is 0 Å². The topological polar surface area (TPSA) is 393 Å². The maximum atomic E-state index is 15.4. The zero-order chi connectivity index (χ0) is 59.7. The van der Waals surface area contributed by atoms with Crippen LogP contribution >= 0.6 is 0 Å². The number of allylic oxidation sites excluding steroid dienone is 2. The van der Waals surface area contributed by atoms with Crippen LogP contribution in [0.1, 0.15) is 113 Å². The van der Waals surface area contributed by atoms with Gasteiger partial charge in [0, 0.05) is 0 Å². The molecular weight excluding hydrogens is 1080 g/mol. The number of fused-ring (bicyclic) bond motifs is 7. The van der Waals surface area contributed by atoms with E-state index in [0.717, 1.165) is 24.8 Å². The van der Waals surface area contributed by atoms with Crippen molar-refractivity contribution in [3.05, 3.63) is 11.6 Å². The standard InChI is InChI=1S/C57H92O25/c1-23-43(79-47-42(71)44(28(61)22-74-47)80-46-39(68)34(63)26(59)20-73-46)38(67)41(70)48(76-23)81-45-35(64)27(60)21-75-50(45)82-51(72)57-16-15-52(2,3)17-25(57)24-9-10-31-54(6)13-12-33(78-49-40(69)37(66)36(65)29(19-58)77-49)53(4,5)30(54)11-14-55(31,7)56(24,8)18-32(57)62/h9,23,25-50,58-71H,10-22H2,1-8H3/t23-,25+,26+,27-,28+,29+,30?,31+,32+,33-,34-,35-,36+,37-,38-,39+,40+,41+,42+,43-,44-,45+,46-,47-,48-,49-,50-,54-,55+,56+,57+/m0/s1.